The second-order valence-corrected chi connectivity index (χ2v) is 5.10. The Morgan fingerprint density at radius 1 is 1.23 bits per heavy atom. The van der Waals surface area contributed by atoms with Crippen molar-refractivity contribution in [2.24, 2.45) is 0 Å². The van der Waals surface area contributed by atoms with E-state index in [1.54, 1.807) is 0 Å². The first-order valence-corrected chi connectivity index (χ1v) is 6.94. The van der Waals surface area contributed by atoms with E-state index in [9.17, 15) is 14.9 Å². The normalized spacial score (nSPS) is 10.4. The SMILES string of the molecule is O=C(Nc1nnc(-c2cccs2)o1)c1ccc([N+](=O)[O-])cc1. The molecule has 0 aliphatic carbocycles. The van der Waals surface area contributed by atoms with Gasteiger partial charge >= 0.3 is 6.01 Å². The van der Waals surface area contributed by atoms with Crippen molar-refractivity contribution >= 4 is 28.9 Å². The molecule has 0 bridgehead atoms. The van der Waals surface area contributed by atoms with Crippen LogP contribution < -0.4 is 5.32 Å². The van der Waals surface area contributed by atoms with Crippen molar-refractivity contribution in [1.82, 2.24) is 10.2 Å². The maximum absolute atomic E-state index is 12.0. The number of carbonyl (C=O) groups excluding carboxylic acids is 1. The number of hydrogen-bond acceptors (Lipinski definition) is 7. The smallest absolute Gasteiger partial charge is 0.322 e. The van der Waals surface area contributed by atoms with E-state index in [4.69, 9.17) is 4.42 Å². The summed E-state index contributed by atoms with van der Waals surface area (Å²) in [5, 5.41) is 22.4. The number of nitro benzene ring substituents is 1. The first-order valence-electron chi connectivity index (χ1n) is 6.06. The van der Waals surface area contributed by atoms with Crippen LogP contribution in [0.2, 0.25) is 0 Å². The van der Waals surface area contributed by atoms with E-state index in [1.165, 1.54) is 35.6 Å². The maximum Gasteiger partial charge on any atom is 0.322 e. The Hall–Kier alpha value is -3.07. The predicted molar refractivity (Wildman–Crippen MR) is 78.7 cm³/mol. The van der Waals surface area contributed by atoms with E-state index in [-0.39, 0.29) is 17.3 Å². The average molecular weight is 316 g/mol. The monoisotopic (exact) mass is 316 g/mol. The first-order chi connectivity index (χ1) is 10.6. The molecule has 22 heavy (non-hydrogen) atoms. The van der Waals surface area contributed by atoms with Crippen molar-refractivity contribution in [2.75, 3.05) is 5.32 Å². The Balaban J connectivity index is 1.73. The number of nitrogens with one attached hydrogen (secondary N) is 1. The van der Waals surface area contributed by atoms with Crippen molar-refractivity contribution in [1.29, 1.82) is 0 Å². The maximum atomic E-state index is 12.0. The lowest BCUT2D eigenvalue weighted by Crippen LogP contribution is -2.12. The highest BCUT2D eigenvalue weighted by molar-refractivity contribution is 7.13. The molecule has 0 saturated carbocycles. The van der Waals surface area contributed by atoms with Crippen LogP contribution >= 0.6 is 11.3 Å². The van der Waals surface area contributed by atoms with Gasteiger partial charge in [-0.15, -0.1) is 16.4 Å². The standard InChI is InChI=1S/C13H8N4O4S/c18-11(8-3-5-9(6-4-8)17(19)20)14-13-16-15-12(21-13)10-2-1-7-22-10/h1-7H,(H,14,16,18). The van der Waals surface area contributed by atoms with Gasteiger partial charge in [-0.2, -0.15) is 0 Å². The van der Waals surface area contributed by atoms with Gasteiger partial charge in [-0.05, 0) is 23.6 Å². The highest BCUT2D eigenvalue weighted by atomic mass is 32.1. The Morgan fingerprint density at radius 3 is 2.64 bits per heavy atom. The van der Waals surface area contributed by atoms with Crippen molar-refractivity contribution in [2.45, 2.75) is 0 Å². The third kappa shape index (κ3) is 2.83. The molecule has 0 aliphatic rings. The molecule has 0 saturated heterocycles. The van der Waals surface area contributed by atoms with Gasteiger partial charge in [0.05, 0.1) is 9.80 Å². The number of nitrogens with zero attached hydrogens (tertiary/aromatic N) is 3. The molecular formula is C13H8N4O4S. The molecule has 8 nitrogen and oxygen atoms in total. The predicted octanol–water partition coefficient (Wildman–Crippen LogP) is 2.96. The van der Waals surface area contributed by atoms with Crippen molar-refractivity contribution in [3.63, 3.8) is 0 Å². The molecule has 9 heteroatoms. The Kier molecular flexibility index (Phi) is 3.62. The lowest BCUT2D eigenvalue weighted by molar-refractivity contribution is -0.384. The molecule has 0 aliphatic heterocycles. The summed E-state index contributed by atoms with van der Waals surface area (Å²) in [7, 11) is 0. The molecule has 0 unspecified atom stereocenters. The van der Waals surface area contributed by atoms with Crippen molar-refractivity contribution in [3.8, 4) is 10.8 Å². The van der Waals surface area contributed by atoms with Crippen LogP contribution in [0.5, 0.6) is 0 Å². The molecule has 0 atom stereocenters. The lowest BCUT2D eigenvalue weighted by atomic mass is 10.2. The van der Waals surface area contributed by atoms with E-state index < -0.39 is 10.8 Å². The zero-order valence-corrected chi connectivity index (χ0v) is 11.7. The molecule has 1 amide bonds. The number of aromatic nitrogens is 2. The number of nitro groups is 1. The molecule has 110 valence electrons. The van der Waals surface area contributed by atoms with Crippen LogP contribution in [0.4, 0.5) is 11.7 Å². The summed E-state index contributed by atoms with van der Waals surface area (Å²) >= 11 is 1.44. The van der Waals surface area contributed by atoms with Gasteiger partial charge in [0, 0.05) is 17.7 Å². The number of benzene rings is 1. The van der Waals surface area contributed by atoms with Gasteiger partial charge in [0.25, 0.3) is 17.5 Å². The summed E-state index contributed by atoms with van der Waals surface area (Å²) < 4.78 is 5.33. The Bertz CT molecular complexity index is 811. The molecule has 2 heterocycles. The molecule has 0 fully saturated rings. The van der Waals surface area contributed by atoms with E-state index in [0.29, 0.717) is 5.89 Å². The van der Waals surface area contributed by atoms with E-state index in [1.807, 2.05) is 17.5 Å². The lowest BCUT2D eigenvalue weighted by Gasteiger charge is -1.99. The third-order valence-corrected chi connectivity index (χ3v) is 3.58. The Labute approximate surface area is 127 Å². The molecule has 2 aromatic heterocycles. The van der Waals surface area contributed by atoms with Crippen LogP contribution in [0.1, 0.15) is 10.4 Å². The van der Waals surface area contributed by atoms with Crippen LogP contribution in [0.15, 0.2) is 46.2 Å². The minimum atomic E-state index is -0.535. The highest BCUT2D eigenvalue weighted by Gasteiger charge is 2.14. The van der Waals surface area contributed by atoms with Crippen LogP contribution in [-0.2, 0) is 0 Å². The molecule has 0 spiro atoms. The largest absolute Gasteiger partial charge is 0.402 e. The van der Waals surface area contributed by atoms with E-state index >= 15 is 0 Å². The van der Waals surface area contributed by atoms with Crippen molar-refractivity contribution in [3.05, 3.63) is 57.5 Å². The van der Waals surface area contributed by atoms with Gasteiger partial charge in [-0.1, -0.05) is 11.2 Å². The van der Waals surface area contributed by atoms with Crippen LogP contribution in [0, 0.1) is 10.1 Å². The molecule has 0 radical (unpaired) electrons. The molecule has 3 aromatic rings. The molecule has 1 aromatic carbocycles. The van der Waals surface area contributed by atoms with Gasteiger partial charge in [0.2, 0.25) is 0 Å². The minimum absolute atomic E-state index is 0.0354. The van der Waals surface area contributed by atoms with Gasteiger partial charge < -0.3 is 4.42 Å². The van der Waals surface area contributed by atoms with Gasteiger partial charge in [-0.3, -0.25) is 20.2 Å². The summed E-state index contributed by atoms with van der Waals surface area (Å²) in [5.41, 5.74) is 0.163. The number of thiophene rings is 1. The fraction of sp³-hybridized carbons (Fsp3) is 0. The molecule has 3 rings (SSSR count). The minimum Gasteiger partial charge on any atom is -0.402 e. The average Bonchev–Trinajstić information content (AvgIpc) is 3.18. The number of anilines is 1. The molecular weight excluding hydrogens is 308 g/mol. The second-order valence-electron chi connectivity index (χ2n) is 4.15. The van der Waals surface area contributed by atoms with Crippen molar-refractivity contribution < 1.29 is 14.1 Å². The third-order valence-electron chi connectivity index (χ3n) is 2.72. The quantitative estimate of drug-likeness (QED) is 0.585. The van der Waals surface area contributed by atoms with Crippen LogP contribution in [0.3, 0.4) is 0 Å². The van der Waals surface area contributed by atoms with Crippen LogP contribution in [-0.4, -0.2) is 21.0 Å². The fourth-order valence-corrected chi connectivity index (χ4v) is 2.32. The summed E-state index contributed by atoms with van der Waals surface area (Å²) in [6.45, 7) is 0. The van der Waals surface area contributed by atoms with Crippen LogP contribution in [0.25, 0.3) is 10.8 Å². The topological polar surface area (TPSA) is 111 Å². The summed E-state index contributed by atoms with van der Waals surface area (Å²) in [6.07, 6.45) is 0. The first kappa shape index (κ1) is 13.9. The van der Waals surface area contributed by atoms with E-state index in [0.717, 1.165) is 4.88 Å². The zero-order valence-electron chi connectivity index (χ0n) is 10.9. The van der Waals surface area contributed by atoms with Gasteiger partial charge in [0.15, 0.2) is 0 Å². The van der Waals surface area contributed by atoms with Gasteiger partial charge in [0.1, 0.15) is 0 Å². The fourth-order valence-electron chi connectivity index (χ4n) is 1.68. The molecule has 1 N–H and O–H groups in total. The number of hydrogen-bond donors (Lipinski definition) is 1. The highest BCUT2D eigenvalue weighted by Crippen LogP contribution is 2.24. The Morgan fingerprint density at radius 2 is 2.00 bits per heavy atom. The summed E-state index contributed by atoms with van der Waals surface area (Å²) in [6, 6.07) is 8.83. The number of non-ortho nitro benzene ring substituents is 1. The second kappa shape index (κ2) is 5.74. The van der Waals surface area contributed by atoms with Gasteiger partial charge in [-0.25, -0.2) is 0 Å². The van der Waals surface area contributed by atoms with E-state index in [2.05, 4.69) is 15.5 Å². The summed E-state index contributed by atoms with van der Waals surface area (Å²) in [5.74, 6) is -0.176. The summed E-state index contributed by atoms with van der Waals surface area (Å²) in [4.78, 5) is 22.8. The number of rotatable bonds is 4. The zero-order chi connectivity index (χ0) is 15.5. The number of carbonyl (C=O) groups is 1. The number of amides is 1.